The number of rotatable bonds is 9. The molecule has 0 fully saturated rings. The van der Waals surface area contributed by atoms with E-state index in [0.717, 1.165) is 11.1 Å². The molecule has 0 amide bonds. The lowest BCUT2D eigenvalue weighted by Crippen LogP contribution is -2.07. The summed E-state index contributed by atoms with van der Waals surface area (Å²) in [5, 5.41) is 21.2. The SMILES string of the molecule is CC(=O)OCCCc1cccc(C(c2cc(C=O)ccc2O)c2cc(C=O)ccc2O)c1. The Bertz CT molecular complexity index is 1080. The minimum Gasteiger partial charge on any atom is -0.508 e. The molecule has 0 saturated carbocycles. The molecule has 0 atom stereocenters. The van der Waals surface area contributed by atoms with E-state index in [1.807, 2.05) is 24.3 Å². The molecular weight excluding hydrogens is 408 g/mol. The lowest BCUT2D eigenvalue weighted by molar-refractivity contribution is -0.141. The van der Waals surface area contributed by atoms with Crippen molar-refractivity contribution in [3.63, 3.8) is 0 Å². The van der Waals surface area contributed by atoms with Crippen LogP contribution in [0, 0.1) is 0 Å². The number of phenols is 2. The predicted octanol–water partition coefficient (Wildman–Crippen LogP) is 4.40. The highest BCUT2D eigenvalue weighted by Crippen LogP contribution is 2.41. The summed E-state index contributed by atoms with van der Waals surface area (Å²) in [5.41, 5.74) is 3.39. The van der Waals surface area contributed by atoms with Gasteiger partial charge in [0.15, 0.2) is 0 Å². The Morgan fingerprint density at radius 2 is 1.50 bits per heavy atom. The topological polar surface area (TPSA) is 101 Å². The van der Waals surface area contributed by atoms with Gasteiger partial charge in [-0.15, -0.1) is 0 Å². The summed E-state index contributed by atoms with van der Waals surface area (Å²) in [6.07, 6.45) is 2.68. The molecule has 3 rings (SSSR count). The molecule has 3 aromatic rings. The number of hydrogen-bond donors (Lipinski definition) is 2. The molecule has 0 spiro atoms. The Labute approximate surface area is 186 Å². The Morgan fingerprint density at radius 3 is 2.03 bits per heavy atom. The fourth-order valence-electron chi connectivity index (χ4n) is 3.70. The van der Waals surface area contributed by atoms with Gasteiger partial charge in [0, 0.05) is 35.1 Å². The first-order valence-electron chi connectivity index (χ1n) is 10.2. The maximum atomic E-state index is 11.4. The van der Waals surface area contributed by atoms with Crippen molar-refractivity contribution in [3.8, 4) is 11.5 Å². The lowest BCUT2D eigenvalue weighted by atomic mass is 9.82. The van der Waals surface area contributed by atoms with Crippen LogP contribution in [0.2, 0.25) is 0 Å². The fraction of sp³-hybridized carbons (Fsp3) is 0.192. The summed E-state index contributed by atoms with van der Waals surface area (Å²) >= 11 is 0. The summed E-state index contributed by atoms with van der Waals surface area (Å²) in [6.45, 7) is 1.68. The molecule has 164 valence electrons. The maximum Gasteiger partial charge on any atom is 0.302 e. The number of aryl methyl sites for hydroxylation is 1. The van der Waals surface area contributed by atoms with E-state index in [1.165, 1.54) is 31.2 Å². The average Bonchev–Trinajstić information content (AvgIpc) is 2.79. The average molecular weight is 432 g/mol. The molecular formula is C26H24O6. The molecule has 6 nitrogen and oxygen atoms in total. The van der Waals surface area contributed by atoms with Gasteiger partial charge in [-0.05, 0) is 60.4 Å². The fourth-order valence-corrected chi connectivity index (χ4v) is 3.70. The monoisotopic (exact) mass is 432 g/mol. The van der Waals surface area contributed by atoms with E-state index in [0.29, 0.717) is 54.3 Å². The van der Waals surface area contributed by atoms with Crippen molar-refractivity contribution in [1.82, 2.24) is 0 Å². The van der Waals surface area contributed by atoms with Crippen LogP contribution in [-0.4, -0.2) is 35.4 Å². The highest BCUT2D eigenvalue weighted by Gasteiger charge is 2.24. The molecule has 0 aliphatic heterocycles. The van der Waals surface area contributed by atoms with Crippen LogP contribution in [0.1, 0.15) is 62.2 Å². The van der Waals surface area contributed by atoms with Gasteiger partial charge in [0.25, 0.3) is 0 Å². The van der Waals surface area contributed by atoms with E-state index in [-0.39, 0.29) is 17.5 Å². The Kier molecular flexibility index (Phi) is 7.39. The molecule has 6 heteroatoms. The number of esters is 1. The van der Waals surface area contributed by atoms with Crippen molar-refractivity contribution in [2.24, 2.45) is 0 Å². The van der Waals surface area contributed by atoms with Crippen LogP contribution >= 0.6 is 0 Å². The van der Waals surface area contributed by atoms with E-state index in [9.17, 15) is 24.6 Å². The predicted molar refractivity (Wildman–Crippen MR) is 119 cm³/mol. The standard InChI is InChI=1S/C26H24O6/c1-17(29)32-11-3-5-18-4-2-6-21(12-18)26(22-13-19(15-27)7-9-24(22)30)23-14-20(16-28)8-10-25(23)31/h2,4,6-10,12-16,26,30-31H,3,5,11H2,1H3. The minimum atomic E-state index is -0.622. The first kappa shape index (κ1) is 22.7. The van der Waals surface area contributed by atoms with Crippen molar-refractivity contribution in [2.75, 3.05) is 6.61 Å². The van der Waals surface area contributed by atoms with E-state index < -0.39 is 5.92 Å². The van der Waals surface area contributed by atoms with Crippen LogP contribution in [0.25, 0.3) is 0 Å². The van der Waals surface area contributed by atoms with Gasteiger partial charge in [-0.3, -0.25) is 14.4 Å². The summed E-state index contributed by atoms with van der Waals surface area (Å²) < 4.78 is 4.99. The zero-order chi connectivity index (χ0) is 23.1. The third kappa shape index (κ3) is 5.40. The second-order valence-corrected chi connectivity index (χ2v) is 7.49. The number of hydrogen-bond acceptors (Lipinski definition) is 6. The van der Waals surface area contributed by atoms with Crippen molar-refractivity contribution in [1.29, 1.82) is 0 Å². The maximum absolute atomic E-state index is 11.4. The minimum absolute atomic E-state index is 0.0308. The Balaban J connectivity index is 2.08. The number of benzene rings is 3. The van der Waals surface area contributed by atoms with Crippen LogP contribution in [0.5, 0.6) is 11.5 Å². The second kappa shape index (κ2) is 10.4. The molecule has 0 unspecified atom stereocenters. The van der Waals surface area contributed by atoms with Crippen molar-refractivity contribution in [2.45, 2.75) is 25.7 Å². The van der Waals surface area contributed by atoms with Gasteiger partial charge in [-0.25, -0.2) is 0 Å². The molecule has 0 aromatic heterocycles. The molecule has 0 heterocycles. The number of phenolic OH excluding ortho intramolecular Hbond substituents is 2. The number of ether oxygens (including phenoxy) is 1. The van der Waals surface area contributed by atoms with Gasteiger partial charge in [0.05, 0.1) is 6.61 Å². The van der Waals surface area contributed by atoms with Gasteiger partial charge < -0.3 is 14.9 Å². The molecule has 0 aliphatic rings. The van der Waals surface area contributed by atoms with E-state index in [1.54, 1.807) is 12.1 Å². The van der Waals surface area contributed by atoms with E-state index in [2.05, 4.69) is 0 Å². The zero-order valence-corrected chi connectivity index (χ0v) is 17.7. The summed E-state index contributed by atoms with van der Waals surface area (Å²) in [6, 6.07) is 16.7. The molecule has 0 aliphatic carbocycles. The highest BCUT2D eigenvalue weighted by atomic mass is 16.5. The van der Waals surface area contributed by atoms with E-state index in [4.69, 9.17) is 4.74 Å². The van der Waals surface area contributed by atoms with Crippen LogP contribution in [-0.2, 0) is 16.0 Å². The van der Waals surface area contributed by atoms with Crippen molar-refractivity contribution < 1.29 is 29.3 Å². The zero-order valence-electron chi connectivity index (χ0n) is 17.7. The number of carbonyl (C=O) groups is 3. The first-order valence-corrected chi connectivity index (χ1v) is 10.2. The van der Waals surface area contributed by atoms with Gasteiger partial charge in [0.2, 0.25) is 0 Å². The molecule has 3 aromatic carbocycles. The third-order valence-electron chi connectivity index (χ3n) is 5.20. The van der Waals surface area contributed by atoms with E-state index >= 15 is 0 Å². The third-order valence-corrected chi connectivity index (χ3v) is 5.20. The molecule has 32 heavy (non-hydrogen) atoms. The molecule has 0 saturated heterocycles. The Hall–Kier alpha value is -3.93. The lowest BCUT2D eigenvalue weighted by Gasteiger charge is -2.22. The van der Waals surface area contributed by atoms with Crippen LogP contribution in [0.4, 0.5) is 0 Å². The van der Waals surface area contributed by atoms with Crippen LogP contribution in [0.15, 0.2) is 60.7 Å². The van der Waals surface area contributed by atoms with Crippen LogP contribution in [0.3, 0.4) is 0 Å². The summed E-state index contributed by atoms with van der Waals surface area (Å²) in [4.78, 5) is 33.7. The second-order valence-electron chi connectivity index (χ2n) is 7.49. The number of aromatic hydroxyl groups is 2. The Morgan fingerprint density at radius 1 is 0.906 bits per heavy atom. The van der Waals surface area contributed by atoms with Crippen LogP contribution < -0.4 is 0 Å². The smallest absolute Gasteiger partial charge is 0.302 e. The summed E-state index contributed by atoms with van der Waals surface area (Å²) in [5.74, 6) is -1.01. The van der Waals surface area contributed by atoms with Gasteiger partial charge in [-0.1, -0.05) is 24.3 Å². The van der Waals surface area contributed by atoms with Crippen molar-refractivity contribution >= 4 is 18.5 Å². The summed E-state index contributed by atoms with van der Waals surface area (Å²) in [7, 11) is 0. The van der Waals surface area contributed by atoms with Gasteiger partial charge >= 0.3 is 5.97 Å². The molecule has 2 N–H and O–H groups in total. The molecule has 0 bridgehead atoms. The first-order chi connectivity index (χ1) is 15.4. The highest BCUT2D eigenvalue weighted by molar-refractivity contribution is 5.77. The number of aldehydes is 2. The largest absolute Gasteiger partial charge is 0.508 e. The normalized spacial score (nSPS) is 10.7. The molecule has 0 radical (unpaired) electrons. The van der Waals surface area contributed by atoms with Crippen molar-refractivity contribution in [3.05, 3.63) is 94.0 Å². The van der Waals surface area contributed by atoms with Gasteiger partial charge in [-0.2, -0.15) is 0 Å². The quantitative estimate of drug-likeness (QED) is 0.225. The number of carbonyl (C=O) groups excluding carboxylic acids is 3. The van der Waals surface area contributed by atoms with Gasteiger partial charge in [0.1, 0.15) is 24.1 Å².